The average Bonchev–Trinajstić information content (AvgIpc) is 2.68. The van der Waals surface area contributed by atoms with Gasteiger partial charge in [0.1, 0.15) is 5.69 Å². The molecule has 0 amide bonds. The van der Waals surface area contributed by atoms with Crippen molar-refractivity contribution in [3.05, 3.63) is 34.8 Å². The van der Waals surface area contributed by atoms with Crippen molar-refractivity contribution in [3.8, 4) is 0 Å². The number of para-hydroxylation sites is 2. The summed E-state index contributed by atoms with van der Waals surface area (Å²) < 4.78 is 4.61. The minimum absolute atomic E-state index is 1.30. The molecule has 3 aromatic rings. The highest BCUT2D eigenvalue weighted by atomic mass is 32.1. The van der Waals surface area contributed by atoms with Crippen LogP contribution >= 0.6 is 11.3 Å². The van der Waals surface area contributed by atoms with Crippen LogP contribution in [-0.2, 0) is 7.05 Å². The van der Waals surface area contributed by atoms with Crippen molar-refractivity contribution in [2.45, 2.75) is 13.8 Å². The Balaban J connectivity index is 2.68. The Kier molecular flexibility index (Phi) is 1.68. The highest BCUT2D eigenvalue weighted by Gasteiger charge is 2.21. The smallest absolute Gasteiger partial charge is 0.216 e. The number of rotatable bonds is 0. The highest BCUT2D eigenvalue weighted by molar-refractivity contribution is 7.16. The van der Waals surface area contributed by atoms with Gasteiger partial charge in [-0.25, -0.2) is 4.57 Å². The molecule has 0 unspecified atom stereocenters. The molecule has 76 valence electrons. The average molecular weight is 217 g/mol. The van der Waals surface area contributed by atoms with Gasteiger partial charge >= 0.3 is 4.96 Å². The van der Waals surface area contributed by atoms with Crippen LogP contribution in [0.5, 0.6) is 0 Å². The van der Waals surface area contributed by atoms with E-state index in [1.807, 2.05) is 11.3 Å². The number of thiazole rings is 1. The summed E-state index contributed by atoms with van der Waals surface area (Å²) in [5.74, 6) is 0. The van der Waals surface area contributed by atoms with Crippen LogP contribution in [0.4, 0.5) is 0 Å². The van der Waals surface area contributed by atoms with Gasteiger partial charge < -0.3 is 0 Å². The normalized spacial score (nSPS) is 11.7. The lowest BCUT2D eigenvalue weighted by Crippen LogP contribution is -2.25. The molecule has 1 aromatic carbocycles. The summed E-state index contributed by atoms with van der Waals surface area (Å²) in [5, 5.41) is 0. The highest BCUT2D eigenvalue weighted by Crippen LogP contribution is 2.24. The first kappa shape index (κ1) is 8.92. The van der Waals surface area contributed by atoms with Crippen LogP contribution in [0.3, 0.4) is 0 Å². The van der Waals surface area contributed by atoms with Crippen LogP contribution in [0.2, 0.25) is 0 Å². The van der Waals surface area contributed by atoms with E-state index < -0.39 is 0 Å². The van der Waals surface area contributed by atoms with Crippen molar-refractivity contribution in [1.82, 2.24) is 4.40 Å². The summed E-state index contributed by atoms with van der Waals surface area (Å²) in [7, 11) is 2.13. The Morgan fingerprint density at radius 1 is 1.20 bits per heavy atom. The van der Waals surface area contributed by atoms with Gasteiger partial charge in [0.05, 0.1) is 11.9 Å². The van der Waals surface area contributed by atoms with Gasteiger partial charge in [-0.3, -0.25) is 0 Å². The van der Waals surface area contributed by atoms with E-state index in [9.17, 15) is 0 Å². The van der Waals surface area contributed by atoms with Gasteiger partial charge in [-0.1, -0.05) is 23.5 Å². The first-order valence-electron chi connectivity index (χ1n) is 5.05. The van der Waals surface area contributed by atoms with Crippen LogP contribution in [0.15, 0.2) is 24.3 Å². The Bertz CT molecular complexity index is 661. The summed E-state index contributed by atoms with van der Waals surface area (Å²) in [5.41, 5.74) is 3.95. The Hall–Kier alpha value is -1.35. The molecule has 2 nitrogen and oxygen atoms in total. The molecule has 3 heteroatoms. The summed E-state index contributed by atoms with van der Waals surface area (Å²) in [4.78, 5) is 2.71. The van der Waals surface area contributed by atoms with Crippen LogP contribution in [-0.4, -0.2) is 4.40 Å². The topological polar surface area (TPSA) is 8.29 Å². The number of hydrogen-bond donors (Lipinski definition) is 0. The number of aromatic nitrogens is 2. The lowest BCUT2D eigenvalue weighted by molar-refractivity contribution is -0.616. The maximum absolute atomic E-state index is 2.34. The summed E-state index contributed by atoms with van der Waals surface area (Å²) in [6.45, 7) is 4.37. The Morgan fingerprint density at radius 3 is 2.73 bits per heavy atom. The summed E-state index contributed by atoms with van der Waals surface area (Å²) >= 11 is 1.86. The van der Waals surface area contributed by atoms with E-state index in [1.54, 1.807) is 0 Å². The third-order valence-electron chi connectivity index (χ3n) is 3.05. The lowest BCUT2D eigenvalue weighted by atomic mass is 10.3. The fourth-order valence-electron chi connectivity index (χ4n) is 2.10. The molecule has 0 spiro atoms. The predicted octanol–water partition coefficient (Wildman–Crippen LogP) is 2.60. The summed E-state index contributed by atoms with van der Waals surface area (Å²) in [6, 6.07) is 8.54. The molecule has 0 atom stereocenters. The van der Waals surface area contributed by atoms with Gasteiger partial charge in [0.2, 0.25) is 0 Å². The molecule has 0 saturated carbocycles. The van der Waals surface area contributed by atoms with Gasteiger partial charge in [0, 0.05) is 0 Å². The van der Waals surface area contributed by atoms with E-state index in [-0.39, 0.29) is 0 Å². The molecule has 3 rings (SSSR count). The second-order valence-corrected chi connectivity index (χ2v) is 5.09. The van der Waals surface area contributed by atoms with Crippen molar-refractivity contribution in [1.29, 1.82) is 0 Å². The van der Waals surface area contributed by atoms with Crippen molar-refractivity contribution < 1.29 is 4.57 Å². The molecule has 0 aliphatic heterocycles. The molecule has 2 aromatic heterocycles. The van der Waals surface area contributed by atoms with Crippen LogP contribution in [0.25, 0.3) is 16.0 Å². The van der Waals surface area contributed by atoms with E-state index >= 15 is 0 Å². The SMILES string of the molecule is Cc1sc2n(c1C)c1ccccc1[n+]2C. The predicted molar refractivity (Wildman–Crippen MR) is 63.4 cm³/mol. The van der Waals surface area contributed by atoms with E-state index in [4.69, 9.17) is 0 Å². The second-order valence-electron chi connectivity index (χ2n) is 3.91. The molecule has 0 aliphatic carbocycles. The first-order chi connectivity index (χ1) is 7.20. The zero-order chi connectivity index (χ0) is 10.6. The summed E-state index contributed by atoms with van der Waals surface area (Å²) in [6.07, 6.45) is 0. The molecular formula is C12H13N2S+. The maximum atomic E-state index is 2.34. The minimum atomic E-state index is 1.30. The van der Waals surface area contributed by atoms with Gasteiger partial charge in [-0.05, 0) is 26.0 Å². The molecule has 0 saturated heterocycles. The van der Waals surface area contributed by atoms with Crippen molar-refractivity contribution in [2.24, 2.45) is 7.05 Å². The van der Waals surface area contributed by atoms with E-state index in [2.05, 4.69) is 54.1 Å². The third kappa shape index (κ3) is 1.01. The number of benzene rings is 1. The zero-order valence-electron chi connectivity index (χ0n) is 9.11. The molecular weight excluding hydrogens is 204 g/mol. The largest absolute Gasteiger partial charge is 0.346 e. The fourth-order valence-corrected chi connectivity index (χ4v) is 3.17. The molecule has 0 N–H and O–H groups in total. The lowest BCUT2D eigenvalue weighted by Gasteiger charge is -1.87. The number of fused-ring (bicyclic) bond motifs is 3. The van der Waals surface area contributed by atoms with Gasteiger partial charge in [0.15, 0.2) is 11.0 Å². The number of hydrogen-bond acceptors (Lipinski definition) is 1. The van der Waals surface area contributed by atoms with Crippen LogP contribution in [0, 0.1) is 13.8 Å². The zero-order valence-corrected chi connectivity index (χ0v) is 9.93. The van der Waals surface area contributed by atoms with Gasteiger partial charge in [-0.15, -0.1) is 0 Å². The molecule has 0 bridgehead atoms. The second kappa shape index (κ2) is 2.83. The number of imidazole rings is 1. The minimum Gasteiger partial charge on any atom is -0.216 e. The van der Waals surface area contributed by atoms with Gasteiger partial charge in [0.25, 0.3) is 0 Å². The molecule has 0 aliphatic rings. The van der Waals surface area contributed by atoms with Crippen molar-refractivity contribution in [3.63, 3.8) is 0 Å². The quantitative estimate of drug-likeness (QED) is 0.512. The van der Waals surface area contributed by atoms with E-state index in [0.717, 1.165) is 0 Å². The van der Waals surface area contributed by atoms with E-state index in [0.29, 0.717) is 0 Å². The van der Waals surface area contributed by atoms with Crippen molar-refractivity contribution in [2.75, 3.05) is 0 Å². The Morgan fingerprint density at radius 2 is 1.93 bits per heavy atom. The van der Waals surface area contributed by atoms with Crippen molar-refractivity contribution >= 4 is 27.3 Å². The fraction of sp³-hybridized carbons (Fsp3) is 0.250. The monoisotopic (exact) mass is 217 g/mol. The Labute approximate surface area is 92.4 Å². The molecule has 0 fully saturated rings. The number of nitrogens with zero attached hydrogens (tertiary/aromatic N) is 2. The van der Waals surface area contributed by atoms with Crippen LogP contribution < -0.4 is 4.57 Å². The third-order valence-corrected chi connectivity index (χ3v) is 4.29. The molecule has 2 heterocycles. The van der Waals surface area contributed by atoms with Gasteiger partial charge in [-0.2, -0.15) is 4.40 Å². The standard InChI is InChI=1S/C12H13N2S/c1-8-9(2)15-12-13(3)10-6-4-5-7-11(10)14(8)12/h4-7H,1-3H3/q+1. The maximum Gasteiger partial charge on any atom is 0.346 e. The number of aryl methyl sites for hydroxylation is 3. The molecule has 15 heavy (non-hydrogen) atoms. The first-order valence-corrected chi connectivity index (χ1v) is 5.87. The van der Waals surface area contributed by atoms with E-state index in [1.165, 1.54) is 26.6 Å². The van der Waals surface area contributed by atoms with Crippen LogP contribution in [0.1, 0.15) is 10.6 Å². The molecule has 0 radical (unpaired) electrons.